The van der Waals surface area contributed by atoms with Crippen molar-refractivity contribution < 1.29 is 9.90 Å². The van der Waals surface area contributed by atoms with E-state index in [0.29, 0.717) is 17.5 Å². The van der Waals surface area contributed by atoms with E-state index in [1.807, 2.05) is 6.07 Å². The third-order valence-electron chi connectivity index (χ3n) is 2.13. The Morgan fingerprint density at radius 1 is 1.44 bits per heavy atom. The Morgan fingerprint density at radius 3 is 2.89 bits per heavy atom. The van der Waals surface area contributed by atoms with Crippen molar-refractivity contribution in [1.82, 2.24) is 15.0 Å². The molecule has 2 aromatic heterocycles. The van der Waals surface area contributed by atoms with E-state index in [-0.39, 0.29) is 6.54 Å². The first-order valence-electron chi connectivity index (χ1n) is 5.34. The number of carbonyl (C=O) groups is 1. The molecule has 2 aromatic rings. The summed E-state index contributed by atoms with van der Waals surface area (Å²) < 4.78 is 0. The third kappa shape index (κ3) is 3.21. The fourth-order valence-corrected chi connectivity index (χ4v) is 1.44. The number of H-pyrrole nitrogens is 1. The van der Waals surface area contributed by atoms with Gasteiger partial charge >= 0.3 is 5.97 Å². The molecule has 7 nitrogen and oxygen atoms in total. The Labute approximate surface area is 103 Å². The molecular formula is C11H13N5O2. The van der Waals surface area contributed by atoms with Crippen LogP contribution in [0.2, 0.25) is 0 Å². The first kappa shape index (κ1) is 11.9. The second-order valence-corrected chi connectivity index (χ2v) is 3.66. The monoisotopic (exact) mass is 247 g/mol. The van der Waals surface area contributed by atoms with E-state index in [0.717, 1.165) is 5.69 Å². The molecule has 4 N–H and O–H groups in total. The largest absolute Gasteiger partial charge is 0.480 e. The minimum absolute atomic E-state index is 0.181. The van der Waals surface area contributed by atoms with Crippen LogP contribution in [0.15, 0.2) is 24.5 Å². The number of aromatic nitrogens is 3. The Kier molecular flexibility index (Phi) is 3.42. The van der Waals surface area contributed by atoms with Gasteiger partial charge < -0.3 is 20.7 Å². The van der Waals surface area contributed by atoms with Crippen LogP contribution < -0.4 is 10.6 Å². The van der Waals surface area contributed by atoms with Crippen molar-refractivity contribution >= 4 is 23.3 Å². The lowest BCUT2D eigenvalue weighted by Crippen LogP contribution is -2.14. The van der Waals surface area contributed by atoms with Gasteiger partial charge in [0.15, 0.2) is 0 Å². The van der Waals surface area contributed by atoms with Crippen LogP contribution in [0.25, 0.3) is 0 Å². The number of carboxylic acid groups (broad SMARTS) is 1. The fourth-order valence-electron chi connectivity index (χ4n) is 1.44. The van der Waals surface area contributed by atoms with E-state index in [2.05, 4.69) is 25.6 Å². The Morgan fingerprint density at radius 2 is 2.22 bits per heavy atom. The second-order valence-electron chi connectivity index (χ2n) is 3.66. The summed E-state index contributed by atoms with van der Waals surface area (Å²) in [4.78, 5) is 21.7. The van der Waals surface area contributed by atoms with Gasteiger partial charge in [-0.1, -0.05) is 0 Å². The lowest BCUT2D eigenvalue weighted by atomic mass is 10.4. The number of aliphatic carboxylic acids is 1. The standard InChI is InChI=1S/C11H13N5O2/c1-7-14-9(13-6-11(17)18)4-10(15-7)16-8-2-3-12-5-8/h2-5,12H,6H2,1H3,(H,17,18)(H2,13,14,15,16). The smallest absolute Gasteiger partial charge is 0.322 e. The minimum Gasteiger partial charge on any atom is -0.480 e. The molecule has 0 atom stereocenters. The molecule has 7 heteroatoms. The number of carboxylic acids is 1. The highest BCUT2D eigenvalue weighted by atomic mass is 16.4. The predicted molar refractivity (Wildman–Crippen MR) is 67.0 cm³/mol. The molecule has 0 spiro atoms. The number of nitrogens with one attached hydrogen (secondary N) is 3. The summed E-state index contributed by atoms with van der Waals surface area (Å²) >= 11 is 0. The molecule has 0 unspecified atom stereocenters. The number of aromatic amines is 1. The van der Waals surface area contributed by atoms with Crippen molar-refractivity contribution in [2.75, 3.05) is 17.2 Å². The lowest BCUT2D eigenvalue weighted by Gasteiger charge is -2.07. The van der Waals surface area contributed by atoms with Gasteiger partial charge in [0.25, 0.3) is 0 Å². The second kappa shape index (κ2) is 5.17. The van der Waals surface area contributed by atoms with E-state index in [1.54, 1.807) is 25.4 Å². The van der Waals surface area contributed by atoms with E-state index in [4.69, 9.17) is 5.11 Å². The summed E-state index contributed by atoms with van der Waals surface area (Å²) in [5.74, 6) is 0.702. The van der Waals surface area contributed by atoms with Gasteiger partial charge in [-0.15, -0.1) is 0 Å². The summed E-state index contributed by atoms with van der Waals surface area (Å²) in [6.45, 7) is 1.56. The van der Waals surface area contributed by atoms with Crippen LogP contribution in [0.3, 0.4) is 0 Å². The van der Waals surface area contributed by atoms with Crippen molar-refractivity contribution in [3.63, 3.8) is 0 Å². The number of hydrogen-bond donors (Lipinski definition) is 4. The first-order chi connectivity index (χ1) is 8.63. The SMILES string of the molecule is Cc1nc(NCC(=O)O)cc(Nc2cc[nH]c2)n1. The quantitative estimate of drug-likeness (QED) is 0.636. The van der Waals surface area contributed by atoms with Gasteiger partial charge in [0.2, 0.25) is 0 Å². The van der Waals surface area contributed by atoms with Crippen LogP contribution in [-0.4, -0.2) is 32.6 Å². The predicted octanol–water partition coefficient (Wildman–Crippen LogP) is 1.35. The molecule has 2 heterocycles. The van der Waals surface area contributed by atoms with E-state index in [9.17, 15) is 4.79 Å². The van der Waals surface area contributed by atoms with Crippen molar-refractivity contribution in [3.8, 4) is 0 Å². The van der Waals surface area contributed by atoms with Gasteiger partial charge in [-0.05, 0) is 13.0 Å². The maximum atomic E-state index is 10.5. The normalized spacial score (nSPS) is 10.1. The molecule has 0 fully saturated rings. The van der Waals surface area contributed by atoms with Crippen LogP contribution in [0.1, 0.15) is 5.82 Å². The highest BCUT2D eigenvalue weighted by molar-refractivity contribution is 5.72. The molecule has 94 valence electrons. The minimum atomic E-state index is -0.939. The van der Waals surface area contributed by atoms with Crippen LogP contribution in [0.4, 0.5) is 17.3 Å². The summed E-state index contributed by atoms with van der Waals surface area (Å²) in [5.41, 5.74) is 0.872. The van der Waals surface area contributed by atoms with Crippen molar-refractivity contribution in [1.29, 1.82) is 0 Å². The molecule has 2 rings (SSSR count). The topological polar surface area (TPSA) is 103 Å². The summed E-state index contributed by atoms with van der Waals surface area (Å²) in [6.07, 6.45) is 3.59. The average Bonchev–Trinajstić information content (AvgIpc) is 2.78. The highest BCUT2D eigenvalue weighted by Crippen LogP contribution is 2.16. The molecule has 0 radical (unpaired) electrons. The number of aryl methyl sites for hydroxylation is 1. The summed E-state index contributed by atoms with van der Waals surface area (Å²) in [5, 5.41) is 14.4. The van der Waals surface area contributed by atoms with Crippen LogP contribution in [0.5, 0.6) is 0 Å². The maximum absolute atomic E-state index is 10.5. The van der Waals surface area contributed by atoms with Crippen LogP contribution >= 0.6 is 0 Å². The molecule has 0 bridgehead atoms. The Hall–Kier alpha value is -2.57. The summed E-state index contributed by atoms with van der Waals surface area (Å²) in [7, 11) is 0. The van der Waals surface area contributed by atoms with Gasteiger partial charge in [-0.25, -0.2) is 9.97 Å². The molecular weight excluding hydrogens is 234 g/mol. The number of anilines is 3. The van der Waals surface area contributed by atoms with E-state index >= 15 is 0 Å². The van der Waals surface area contributed by atoms with Crippen molar-refractivity contribution in [2.24, 2.45) is 0 Å². The van der Waals surface area contributed by atoms with Gasteiger partial charge in [0.05, 0.1) is 5.69 Å². The van der Waals surface area contributed by atoms with Crippen molar-refractivity contribution in [2.45, 2.75) is 6.92 Å². The summed E-state index contributed by atoms with van der Waals surface area (Å²) in [6, 6.07) is 3.52. The lowest BCUT2D eigenvalue weighted by molar-refractivity contribution is -0.134. The zero-order chi connectivity index (χ0) is 13.0. The fraction of sp³-hybridized carbons (Fsp3) is 0.182. The molecule has 0 saturated heterocycles. The van der Waals surface area contributed by atoms with E-state index < -0.39 is 5.97 Å². The Balaban J connectivity index is 2.13. The van der Waals surface area contributed by atoms with Gasteiger partial charge in [-0.2, -0.15) is 0 Å². The zero-order valence-corrected chi connectivity index (χ0v) is 9.77. The maximum Gasteiger partial charge on any atom is 0.322 e. The molecule has 0 saturated carbocycles. The molecule has 0 aromatic carbocycles. The van der Waals surface area contributed by atoms with Crippen LogP contribution in [0, 0.1) is 6.92 Å². The third-order valence-corrected chi connectivity index (χ3v) is 2.13. The zero-order valence-electron chi connectivity index (χ0n) is 9.77. The average molecular weight is 247 g/mol. The number of hydrogen-bond acceptors (Lipinski definition) is 5. The molecule has 0 aliphatic rings. The van der Waals surface area contributed by atoms with E-state index in [1.165, 1.54) is 0 Å². The van der Waals surface area contributed by atoms with Gasteiger partial charge in [0, 0.05) is 18.5 Å². The molecule has 0 aliphatic carbocycles. The van der Waals surface area contributed by atoms with Gasteiger partial charge in [-0.3, -0.25) is 4.79 Å². The van der Waals surface area contributed by atoms with Crippen molar-refractivity contribution in [3.05, 3.63) is 30.4 Å². The molecule has 0 aliphatic heterocycles. The van der Waals surface area contributed by atoms with Crippen LogP contribution in [-0.2, 0) is 4.79 Å². The first-order valence-corrected chi connectivity index (χ1v) is 5.34. The number of nitrogens with zero attached hydrogens (tertiary/aromatic N) is 2. The highest BCUT2D eigenvalue weighted by Gasteiger charge is 2.04. The number of rotatable bonds is 5. The molecule has 18 heavy (non-hydrogen) atoms. The Bertz CT molecular complexity index is 538. The molecule has 0 amide bonds. The van der Waals surface area contributed by atoms with Gasteiger partial charge in [0.1, 0.15) is 24.0 Å².